The molecule has 5 heteroatoms. The van der Waals surface area contributed by atoms with Crippen LogP contribution >= 0.6 is 0 Å². The van der Waals surface area contributed by atoms with E-state index in [1.807, 2.05) is 0 Å². The van der Waals surface area contributed by atoms with Gasteiger partial charge in [-0.1, -0.05) is 26.0 Å². The lowest BCUT2D eigenvalue weighted by atomic mass is 9.76. The van der Waals surface area contributed by atoms with E-state index in [9.17, 15) is 0 Å². The largest absolute Gasteiger partial charge is 0.330 e. The maximum absolute atomic E-state index is 5.71. The Bertz CT molecular complexity index is 993. The van der Waals surface area contributed by atoms with Crippen molar-refractivity contribution < 1.29 is 0 Å². The van der Waals surface area contributed by atoms with E-state index in [1.165, 1.54) is 28.8 Å². The Balaban J connectivity index is 1.69. The first kappa shape index (κ1) is 18.9. The number of hydrogen-bond donors (Lipinski definition) is 2. The molecule has 1 aliphatic carbocycles. The van der Waals surface area contributed by atoms with E-state index in [0.717, 1.165) is 48.5 Å². The van der Waals surface area contributed by atoms with Crippen LogP contribution in [0.25, 0.3) is 22.6 Å². The molecule has 0 radical (unpaired) electrons. The minimum Gasteiger partial charge on any atom is -0.330 e. The molecule has 0 aliphatic heterocycles. The van der Waals surface area contributed by atoms with Gasteiger partial charge in [-0.05, 0) is 74.8 Å². The monoisotopic (exact) mass is 377 g/mol. The summed E-state index contributed by atoms with van der Waals surface area (Å²) in [6.07, 6.45) is 4.28. The lowest BCUT2D eigenvalue weighted by Gasteiger charge is -2.30. The molecule has 28 heavy (non-hydrogen) atoms. The van der Waals surface area contributed by atoms with Crippen molar-refractivity contribution in [2.45, 2.75) is 59.9 Å². The fourth-order valence-electron chi connectivity index (χ4n) is 4.36. The van der Waals surface area contributed by atoms with Crippen molar-refractivity contribution in [2.75, 3.05) is 6.54 Å². The van der Waals surface area contributed by atoms with E-state index in [4.69, 9.17) is 10.8 Å². The third-order valence-electron chi connectivity index (χ3n) is 6.05. The molecule has 2 heterocycles. The summed E-state index contributed by atoms with van der Waals surface area (Å²) >= 11 is 0. The third-order valence-corrected chi connectivity index (χ3v) is 6.05. The number of nitrogens with one attached hydrogen (secondary N) is 1. The predicted octanol–water partition coefficient (Wildman–Crippen LogP) is 4.28. The topological polar surface area (TPSA) is 72.5 Å². The summed E-state index contributed by atoms with van der Waals surface area (Å²) in [5.41, 5.74) is 15.6. The molecule has 0 saturated carbocycles. The molecule has 1 aromatic carbocycles. The molecular formula is C23H31N5. The molecule has 0 bridgehead atoms. The van der Waals surface area contributed by atoms with Crippen LogP contribution in [-0.4, -0.2) is 26.5 Å². The van der Waals surface area contributed by atoms with Crippen molar-refractivity contribution in [1.82, 2.24) is 20.0 Å². The SMILES string of the molecule is CCn1nc(-c2cc(-c3ccc(CCN)c(C)c3)n[nH]2)c2c1CC(C)(C)CC2. The van der Waals surface area contributed by atoms with Gasteiger partial charge in [0.25, 0.3) is 0 Å². The lowest BCUT2D eigenvalue weighted by molar-refractivity contribution is 0.305. The molecular weight excluding hydrogens is 346 g/mol. The summed E-state index contributed by atoms with van der Waals surface area (Å²) in [7, 11) is 0. The number of nitrogens with two attached hydrogens (primary N) is 1. The van der Waals surface area contributed by atoms with E-state index < -0.39 is 0 Å². The number of fused-ring (bicyclic) bond motifs is 1. The Kier molecular flexibility index (Phi) is 4.88. The highest BCUT2D eigenvalue weighted by Crippen LogP contribution is 2.39. The zero-order valence-electron chi connectivity index (χ0n) is 17.5. The second-order valence-electron chi connectivity index (χ2n) is 8.78. The van der Waals surface area contributed by atoms with Crippen LogP contribution in [0.5, 0.6) is 0 Å². The Labute approximate surface area is 167 Å². The molecule has 0 fully saturated rings. The van der Waals surface area contributed by atoms with Crippen LogP contribution in [0.4, 0.5) is 0 Å². The van der Waals surface area contributed by atoms with Crippen LogP contribution in [0.3, 0.4) is 0 Å². The molecule has 3 aromatic rings. The number of benzene rings is 1. The molecule has 5 nitrogen and oxygen atoms in total. The van der Waals surface area contributed by atoms with Crippen LogP contribution in [0.2, 0.25) is 0 Å². The zero-order valence-corrected chi connectivity index (χ0v) is 17.5. The van der Waals surface area contributed by atoms with Gasteiger partial charge in [-0.25, -0.2) is 0 Å². The van der Waals surface area contributed by atoms with Crippen LogP contribution < -0.4 is 5.73 Å². The van der Waals surface area contributed by atoms with Crippen molar-refractivity contribution in [3.63, 3.8) is 0 Å². The number of aromatic amines is 1. The quantitative estimate of drug-likeness (QED) is 0.697. The van der Waals surface area contributed by atoms with Crippen molar-refractivity contribution in [2.24, 2.45) is 11.1 Å². The lowest BCUT2D eigenvalue weighted by Crippen LogP contribution is -2.24. The Morgan fingerprint density at radius 1 is 1.25 bits per heavy atom. The highest BCUT2D eigenvalue weighted by Gasteiger charge is 2.31. The Hall–Kier alpha value is -2.40. The molecule has 2 aromatic heterocycles. The summed E-state index contributed by atoms with van der Waals surface area (Å²) in [4.78, 5) is 0. The molecule has 0 spiro atoms. The van der Waals surface area contributed by atoms with Crippen molar-refractivity contribution in [1.29, 1.82) is 0 Å². The van der Waals surface area contributed by atoms with Gasteiger partial charge in [-0.2, -0.15) is 10.2 Å². The second-order valence-corrected chi connectivity index (χ2v) is 8.78. The number of H-pyrrole nitrogens is 1. The zero-order chi connectivity index (χ0) is 19.9. The normalized spacial score (nSPS) is 15.6. The highest BCUT2D eigenvalue weighted by molar-refractivity contribution is 5.69. The van der Waals surface area contributed by atoms with Crippen LogP contribution in [0.1, 0.15) is 49.6 Å². The molecule has 0 unspecified atom stereocenters. The molecule has 0 atom stereocenters. The number of hydrogen-bond acceptors (Lipinski definition) is 3. The van der Waals surface area contributed by atoms with Crippen LogP contribution in [0, 0.1) is 12.3 Å². The van der Waals surface area contributed by atoms with E-state index in [0.29, 0.717) is 12.0 Å². The Morgan fingerprint density at radius 2 is 2.07 bits per heavy atom. The minimum absolute atomic E-state index is 0.346. The first-order chi connectivity index (χ1) is 13.4. The van der Waals surface area contributed by atoms with Gasteiger partial charge < -0.3 is 5.73 Å². The summed E-state index contributed by atoms with van der Waals surface area (Å²) in [6, 6.07) is 8.65. The van der Waals surface area contributed by atoms with Crippen molar-refractivity contribution >= 4 is 0 Å². The maximum Gasteiger partial charge on any atom is 0.114 e. The minimum atomic E-state index is 0.346. The fraction of sp³-hybridized carbons (Fsp3) is 0.478. The van der Waals surface area contributed by atoms with Gasteiger partial charge in [0.2, 0.25) is 0 Å². The van der Waals surface area contributed by atoms with Gasteiger partial charge in [-0.15, -0.1) is 0 Å². The Morgan fingerprint density at radius 3 is 2.79 bits per heavy atom. The highest BCUT2D eigenvalue weighted by atomic mass is 15.3. The number of rotatable bonds is 5. The summed E-state index contributed by atoms with van der Waals surface area (Å²) in [6.45, 7) is 10.6. The average molecular weight is 378 g/mol. The third kappa shape index (κ3) is 3.39. The average Bonchev–Trinajstić information content (AvgIpc) is 3.27. The fourth-order valence-corrected chi connectivity index (χ4v) is 4.36. The number of nitrogens with zero attached hydrogens (tertiary/aromatic N) is 3. The van der Waals surface area contributed by atoms with E-state index >= 15 is 0 Å². The van der Waals surface area contributed by atoms with Crippen molar-refractivity contribution in [3.8, 4) is 22.6 Å². The summed E-state index contributed by atoms with van der Waals surface area (Å²) in [5, 5.41) is 12.8. The van der Waals surface area contributed by atoms with E-state index in [-0.39, 0.29) is 0 Å². The second kappa shape index (κ2) is 7.21. The molecule has 3 N–H and O–H groups in total. The maximum atomic E-state index is 5.71. The van der Waals surface area contributed by atoms with Gasteiger partial charge in [0.15, 0.2) is 0 Å². The smallest absolute Gasteiger partial charge is 0.114 e. The van der Waals surface area contributed by atoms with E-state index in [1.54, 1.807) is 0 Å². The van der Waals surface area contributed by atoms with Gasteiger partial charge in [0, 0.05) is 23.4 Å². The first-order valence-corrected chi connectivity index (χ1v) is 10.4. The number of aromatic nitrogens is 4. The van der Waals surface area contributed by atoms with Gasteiger partial charge in [-0.3, -0.25) is 9.78 Å². The molecule has 0 saturated heterocycles. The predicted molar refractivity (Wildman–Crippen MR) is 114 cm³/mol. The molecule has 148 valence electrons. The van der Waals surface area contributed by atoms with Gasteiger partial charge >= 0.3 is 0 Å². The summed E-state index contributed by atoms with van der Waals surface area (Å²) in [5.74, 6) is 0. The standard InChI is InChI=1S/C23H31N5/c1-5-28-21-14-23(3,4)10-8-18(21)22(27-28)20-13-19(25-26-20)17-7-6-16(9-11-24)15(2)12-17/h6-7,12-13H,5,8-11,14,24H2,1-4H3,(H,25,26). The van der Waals surface area contributed by atoms with Crippen LogP contribution in [0.15, 0.2) is 24.3 Å². The van der Waals surface area contributed by atoms with Gasteiger partial charge in [0.05, 0.1) is 11.4 Å². The summed E-state index contributed by atoms with van der Waals surface area (Å²) < 4.78 is 2.18. The van der Waals surface area contributed by atoms with Crippen LogP contribution in [-0.2, 0) is 25.8 Å². The van der Waals surface area contributed by atoms with Crippen molar-refractivity contribution in [3.05, 3.63) is 46.6 Å². The molecule has 4 rings (SSSR count). The van der Waals surface area contributed by atoms with E-state index in [2.05, 4.69) is 66.8 Å². The first-order valence-electron chi connectivity index (χ1n) is 10.4. The molecule has 0 amide bonds. The number of aryl methyl sites for hydroxylation is 2. The molecule has 1 aliphatic rings. The van der Waals surface area contributed by atoms with Gasteiger partial charge in [0.1, 0.15) is 5.69 Å².